The monoisotopic (exact) mass is 551 g/mol. The van der Waals surface area contributed by atoms with Gasteiger partial charge in [0.1, 0.15) is 11.5 Å². The maximum Gasteiger partial charge on any atom is 0.274 e. The van der Waals surface area contributed by atoms with Crippen molar-refractivity contribution in [2.75, 3.05) is 66.4 Å². The van der Waals surface area contributed by atoms with E-state index in [1.807, 2.05) is 18.2 Å². The van der Waals surface area contributed by atoms with E-state index in [2.05, 4.69) is 25.4 Å². The topological polar surface area (TPSA) is 116 Å². The molecule has 1 aliphatic carbocycles. The second kappa shape index (κ2) is 12.0. The van der Waals surface area contributed by atoms with Gasteiger partial charge in [-0.25, -0.2) is 9.97 Å². The largest absolute Gasteiger partial charge is 0.396 e. The number of aliphatic hydroxyl groups excluding tert-OH is 1. The molecule has 2 aliphatic heterocycles. The maximum atomic E-state index is 13.5. The third-order valence-electron chi connectivity index (χ3n) is 7.98. The fraction of sp³-hybridized carbons (Fsp3) is 0.571. The number of carbonyl (C=O) groups is 1. The number of aliphatic hydroxyl groups is 1. The van der Waals surface area contributed by atoms with Gasteiger partial charge in [-0.1, -0.05) is 17.4 Å². The van der Waals surface area contributed by atoms with Crippen LogP contribution in [0.4, 0.5) is 22.5 Å². The molecule has 0 atom stereocenters. The third-order valence-corrected chi connectivity index (χ3v) is 9.03. The number of rotatable bonds is 7. The number of thiazole rings is 1. The molecule has 0 aromatic carbocycles. The Morgan fingerprint density at radius 3 is 2.56 bits per heavy atom. The molecule has 3 aromatic rings. The summed E-state index contributed by atoms with van der Waals surface area (Å²) in [7, 11) is 0. The highest BCUT2D eigenvalue weighted by atomic mass is 32.1. The van der Waals surface area contributed by atoms with Crippen LogP contribution in [0.5, 0.6) is 0 Å². The van der Waals surface area contributed by atoms with Gasteiger partial charge in [-0.15, -0.1) is 0 Å². The first kappa shape index (κ1) is 26.2. The highest BCUT2D eigenvalue weighted by Gasteiger charge is 2.24. The van der Waals surface area contributed by atoms with Crippen LogP contribution in [-0.2, 0) is 4.74 Å². The van der Waals surface area contributed by atoms with Gasteiger partial charge in [-0.2, -0.15) is 4.98 Å². The van der Waals surface area contributed by atoms with Crippen LogP contribution in [0.1, 0.15) is 55.4 Å². The minimum Gasteiger partial charge on any atom is -0.396 e. The van der Waals surface area contributed by atoms with Crippen molar-refractivity contribution in [3.8, 4) is 0 Å². The predicted molar refractivity (Wildman–Crippen MR) is 155 cm³/mol. The van der Waals surface area contributed by atoms with Gasteiger partial charge in [-0.05, 0) is 69.1 Å². The average Bonchev–Trinajstić information content (AvgIpc) is 3.41. The molecule has 11 heteroatoms. The lowest BCUT2D eigenvalue weighted by molar-refractivity contribution is 0.102. The van der Waals surface area contributed by atoms with Gasteiger partial charge in [0.15, 0.2) is 16.6 Å². The first-order valence-corrected chi connectivity index (χ1v) is 15.0. The van der Waals surface area contributed by atoms with Crippen LogP contribution in [-0.4, -0.2) is 78.0 Å². The van der Waals surface area contributed by atoms with Gasteiger partial charge in [0.2, 0.25) is 0 Å². The molecular formula is C28H37N7O3S. The molecule has 0 spiro atoms. The van der Waals surface area contributed by atoms with E-state index in [9.17, 15) is 9.90 Å². The van der Waals surface area contributed by atoms with E-state index >= 15 is 0 Å². The van der Waals surface area contributed by atoms with Gasteiger partial charge >= 0.3 is 0 Å². The van der Waals surface area contributed by atoms with Crippen LogP contribution in [0.25, 0.3) is 10.3 Å². The molecule has 3 aromatic heterocycles. The van der Waals surface area contributed by atoms with Gasteiger partial charge in [0.05, 0.1) is 23.6 Å². The molecule has 39 heavy (non-hydrogen) atoms. The second-order valence-corrected chi connectivity index (χ2v) is 11.7. The highest BCUT2D eigenvalue weighted by molar-refractivity contribution is 7.22. The number of morpholine rings is 1. The molecule has 6 rings (SSSR count). The number of pyridine rings is 2. The van der Waals surface area contributed by atoms with Crippen molar-refractivity contribution in [3.05, 3.63) is 30.0 Å². The minimum absolute atomic E-state index is 0.250. The Morgan fingerprint density at radius 1 is 1.00 bits per heavy atom. The molecule has 1 saturated carbocycles. The Labute approximate surface area is 232 Å². The summed E-state index contributed by atoms with van der Waals surface area (Å²) in [5, 5.41) is 17.0. The molecule has 208 valence electrons. The van der Waals surface area contributed by atoms with Crippen LogP contribution in [0, 0.1) is 5.92 Å². The van der Waals surface area contributed by atoms with E-state index < -0.39 is 0 Å². The summed E-state index contributed by atoms with van der Waals surface area (Å²) in [6.45, 7) is 5.14. The predicted octanol–water partition coefficient (Wildman–Crippen LogP) is 4.13. The van der Waals surface area contributed by atoms with Crippen molar-refractivity contribution < 1.29 is 14.6 Å². The van der Waals surface area contributed by atoms with Crippen molar-refractivity contribution in [2.45, 2.75) is 51.0 Å². The fourth-order valence-electron chi connectivity index (χ4n) is 5.70. The molecule has 3 aliphatic rings. The number of carbonyl (C=O) groups excluding carboxylic acids is 1. The van der Waals surface area contributed by atoms with Gasteiger partial charge in [-0.3, -0.25) is 4.79 Å². The van der Waals surface area contributed by atoms with Crippen molar-refractivity contribution in [3.63, 3.8) is 0 Å². The number of amides is 1. The molecule has 1 amide bonds. The average molecular weight is 552 g/mol. The molecule has 0 radical (unpaired) electrons. The zero-order valence-corrected chi connectivity index (χ0v) is 23.1. The van der Waals surface area contributed by atoms with Crippen LogP contribution in [0.15, 0.2) is 24.3 Å². The Bertz CT molecular complexity index is 1280. The summed E-state index contributed by atoms with van der Waals surface area (Å²) < 4.78 is 6.46. The van der Waals surface area contributed by atoms with Crippen molar-refractivity contribution in [1.82, 2.24) is 15.0 Å². The summed E-state index contributed by atoms with van der Waals surface area (Å²) in [4.78, 5) is 32.4. The second-order valence-electron chi connectivity index (χ2n) is 10.7. The van der Waals surface area contributed by atoms with Crippen molar-refractivity contribution in [1.29, 1.82) is 0 Å². The first-order chi connectivity index (χ1) is 19.2. The third kappa shape index (κ3) is 6.10. The molecule has 0 unspecified atom stereocenters. The lowest BCUT2D eigenvalue weighted by Gasteiger charge is -2.29. The molecule has 3 N–H and O–H groups in total. The first-order valence-electron chi connectivity index (χ1n) is 14.2. The summed E-state index contributed by atoms with van der Waals surface area (Å²) >= 11 is 1.61. The van der Waals surface area contributed by atoms with Crippen LogP contribution >= 0.6 is 11.3 Å². The number of hydrogen-bond donors (Lipinski definition) is 3. The normalized spacial score (nSPS) is 22.2. The molecule has 2 saturated heterocycles. The van der Waals surface area contributed by atoms with Crippen LogP contribution < -0.4 is 20.4 Å². The summed E-state index contributed by atoms with van der Waals surface area (Å²) in [5.41, 5.74) is 1.79. The number of aromatic nitrogens is 3. The smallest absolute Gasteiger partial charge is 0.274 e. The van der Waals surface area contributed by atoms with Gasteiger partial charge in [0, 0.05) is 38.8 Å². The van der Waals surface area contributed by atoms with E-state index in [1.165, 1.54) is 6.42 Å². The van der Waals surface area contributed by atoms with E-state index in [1.54, 1.807) is 17.4 Å². The zero-order chi connectivity index (χ0) is 26.6. The quantitative estimate of drug-likeness (QED) is 0.399. The Balaban J connectivity index is 1.23. The molecule has 5 heterocycles. The van der Waals surface area contributed by atoms with Crippen LogP contribution in [0.2, 0.25) is 0 Å². The Kier molecular flexibility index (Phi) is 8.08. The summed E-state index contributed by atoms with van der Waals surface area (Å²) in [5.74, 6) is 1.64. The van der Waals surface area contributed by atoms with E-state index in [0.29, 0.717) is 42.4 Å². The number of hydrogen-bond acceptors (Lipinski definition) is 10. The van der Waals surface area contributed by atoms with Crippen LogP contribution in [0.3, 0.4) is 0 Å². The lowest BCUT2D eigenvalue weighted by atomic mass is 9.86. The summed E-state index contributed by atoms with van der Waals surface area (Å²) in [6.07, 6.45) is 7.44. The minimum atomic E-state index is -0.250. The van der Waals surface area contributed by atoms with Gasteiger partial charge in [0.25, 0.3) is 5.91 Å². The van der Waals surface area contributed by atoms with E-state index in [4.69, 9.17) is 14.7 Å². The standard InChI is InChI=1S/C28H37N7O3S/c36-18-19-7-9-20(10-8-19)29-24-6-4-5-21(30-24)27(37)31-22-17-23-25(32-26(22)34-11-2-1-3-12-34)33-28(39-23)35-13-15-38-16-14-35/h4-6,17,19-20,36H,1-3,7-16,18H2,(H,29,30)(H,31,37). The number of fused-ring (bicyclic) bond motifs is 1. The molecule has 10 nitrogen and oxygen atoms in total. The Hall–Kier alpha value is -3.02. The lowest BCUT2D eigenvalue weighted by Crippen LogP contribution is -2.36. The zero-order valence-electron chi connectivity index (χ0n) is 22.3. The number of nitrogens with zero attached hydrogens (tertiary/aromatic N) is 5. The van der Waals surface area contributed by atoms with Gasteiger partial charge < -0.3 is 30.3 Å². The Morgan fingerprint density at radius 2 is 1.79 bits per heavy atom. The van der Waals surface area contributed by atoms with Crippen molar-refractivity contribution in [2.24, 2.45) is 5.92 Å². The molecule has 0 bridgehead atoms. The van der Waals surface area contributed by atoms with Crippen molar-refractivity contribution >= 4 is 50.0 Å². The molecule has 3 fully saturated rings. The van der Waals surface area contributed by atoms with E-state index in [0.717, 1.165) is 86.0 Å². The number of ether oxygens (including phenoxy) is 1. The number of piperidine rings is 1. The highest BCUT2D eigenvalue weighted by Crippen LogP contribution is 2.36. The SMILES string of the molecule is O=C(Nc1cc2sc(N3CCOCC3)nc2nc1N1CCCCC1)c1cccc(NC2CCC(CO)CC2)n1. The maximum absolute atomic E-state index is 13.5. The number of nitrogens with one attached hydrogen (secondary N) is 2. The molecular weight excluding hydrogens is 514 g/mol. The van der Waals surface area contributed by atoms with E-state index in [-0.39, 0.29) is 12.5 Å². The fourth-order valence-corrected chi connectivity index (χ4v) is 6.70. The summed E-state index contributed by atoms with van der Waals surface area (Å²) in [6, 6.07) is 7.86. The number of anilines is 4.